The fourth-order valence-corrected chi connectivity index (χ4v) is 1.91. The second-order valence-electron chi connectivity index (χ2n) is 5.16. The Labute approximate surface area is 129 Å². The summed E-state index contributed by atoms with van der Waals surface area (Å²) < 4.78 is 6.85. The van der Waals surface area contributed by atoms with Crippen molar-refractivity contribution in [2.75, 3.05) is 5.32 Å². The SMILES string of the molecule is CC(C)n1nccc1NC(=O)[C@@H](C)OC(=O)c1ccccc1. The molecule has 1 amide bonds. The lowest BCUT2D eigenvalue weighted by molar-refractivity contribution is -0.123. The summed E-state index contributed by atoms with van der Waals surface area (Å²) in [6.45, 7) is 5.45. The highest BCUT2D eigenvalue weighted by molar-refractivity contribution is 5.96. The van der Waals surface area contributed by atoms with E-state index in [2.05, 4.69) is 10.4 Å². The topological polar surface area (TPSA) is 73.2 Å². The molecule has 0 fully saturated rings. The third-order valence-corrected chi connectivity index (χ3v) is 3.07. The van der Waals surface area contributed by atoms with E-state index >= 15 is 0 Å². The molecule has 0 aliphatic rings. The van der Waals surface area contributed by atoms with Gasteiger partial charge in [-0.15, -0.1) is 0 Å². The Morgan fingerprint density at radius 2 is 1.82 bits per heavy atom. The molecule has 0 unspecified atom stereocenters. The van der Waals surface area contributed by atoms with Crippen LogP contribution in [0.3, 0.4) is 0 Å². The molecule has 1 aromatic carbocycles. The van der Waals surface area contributed by atoms with Gasteiger partial charge >= 0.3 is 5.97 Å². The molecule has 1 atom stereocenters. The summed E-state index contributed by atoms with van der Waals surface area (Å²) in [4.78, 5) is 24.0. The zero-order chi connectivity index (χ0) is 16.1. The summed E-state index contributed by atoms with van der Waals surface area (Å²) in [5.74, 6) is -0.352. The maximum absolute atomic E-state index is 12.1. The van der Waals surface area contributed by atoms with E-state index in [-0.39, 0.29) is 6.04 Å². The molecule has 116 valence electrons. The van der Waals surface area contributed by atoms with Gasteiger partial charge in [0.25, 0.3) is 5.91 Å². The van der Waals surface area contributed by atoms with Crippen LogP contribution in [0.5, 0.6) is 0 Å². The van der Waals surface area contributed by atoms with Gasteiger partial charge < -0.3 is 10.1 Å². The monoisotopic (exact) mass is 301 g/mol. The van der Waals surface area contributed by atoms with Crippen molar-refractivity contribution >= 4 is 17.7 Å². The average Bonchev–Trinajstić information content (AvgIpc) is 2.96. The van der Waals surface area contributed by atoms with Gasteiger partial charge in [0.2, 0.25) is 0 Å². The first-order valence-corrected chi connectivity index (χ1v) is 7.09. The van der Waals surface area contributed by atoms with Crippen molar-refractivity contribution in [2.45, 2.75) is 32.9 Å². The van der Waals surface area contributed by atoms with Crippen molar-refractivity contribution in [3.63, 3.8) is 0 Å². The molecule has 0 radical (unpaired) electrons. The van der Waals surface area contributed by atoms with Crippen LogP contribution < -0.4 is 5.32 Å². The first kappa shape index (κ1) is 15.8. The zero-order valence-corrected chi connectivity index (χ0v) is 12.8. The molecule has 0 bridgehead atoms. The Kier molecular flexibility index (Phi) is 4.93. The molecule has 2 rings (SSSR count). The Bertz CT molecular complexity index is 650. The number of carbonyl (C=O) groups excluding carboxylic acids is 2. The highest BCUT2D eigenvalue weighted by atomic mass is 16.5. The summed E-state index contributed by atoms with van der Waals surface area (Å²) in [6, 6.07) is 10.4. The molecular weight excluding hydrogens is 282 g/mol. The minimum atomic E-state index is -0.900. The Hall–Kier alpha value is -2.63. The van der Waals surface area contributed by atoms with Gasteiger partial charge in [0.05, 0.1) is 11.8 Å². The molecule has 6 heteroatoms. The molecule has 0 aliphatic carbocycles. The number of nitrogens with zero attached hydrogens (tertiary/aromatic N) is 2. The Morgan fingerprint density at radius 3 is 2.45 bits per heavy atom. The molecule has 0 spiro atoms. The molecule has 2 aromatic rings. The van der Waals surface area contributed by atoms with E-state index in [1.807, 2.05) is 13.8 Å². The predicted molar refractivity (Wildman–Crippen MR) is 82.6 cm³/mol. The summed E-state index contributed by atoms with van der Waals surface area (Å²) in [6.07, 6.45) is 0.708. The van der Waals surface area contributed by atoms with Gasteiger partial charge in [-0.3, -0.25) is 4.79 Å². The van der Waals surface area contributed by atoms with Crippen LogP contribution in [-0.2, 0) is 9.53 Å². The quantitative estimate of drug-likeness (QED) is 0.862. The molecule has 0 saturated heterocycles. The third-order valence-electron chi connectivity index (χ3n) is 3.07. The molecule has 6 nitrogen and oxygen atoms in total. The van der Waals surface area contributed by atoms with E-state index in [1.54, 1.807) is 47.3 Å². The number of ether oxygens (including phenoxy) is 1. The lowest BCUT2D eigenvalue weighted by atomic mass is 10.2. The summed E-state index contributed by atoms with van der Waals surface area (Å²) in [5.41, 5.74) is 0.411. The first-order chi connectivity index (χ1) is 10.5. The number of benzene rings is 1. The number of anilines is 1. The number of hydrogen-bond acceptors (Lipinski definition) is 4. The zero-order valence-electron chi connectivity index (χ0n) is 12.8. The van der Waals surface area contributed by atoms with Crippen molar-refractivity contribution < 1.29 is 14.3 Å². The fourth-order valence-electron chi connectivity index (χ4n) is 1.91. The van der Waals surface area contributed by atoms with E-state index in [9.17, 15) is 9.59 Å². The van der Waals surface area contributed by atoms with Crippen LogP contribution in [-0.4, -0.2) is 27.8 Å². The van der Waals surface area contributed by atoms with Gasteiger partial charge in [0.1, 0.15) is 5.82 Å². The molecule has 1 heterocycles. The van der Waals surface area contributed by atoms with Crippen LogP contribution in [0.2, 0.25) is 0 Å². The normalized spacial score (nSPS) is 12.0. The van der Waals surface area contributed by atoms with Crippen molar-refractivity contribution in [2.24, 2.45) is 0 Å². The minimum Gasteiger partial charge on any atom is -0.449 e. The third kappa shape index (κ3) is 3.72. The summed E-state index contributed by atoms with van der Waals surface area (Å²) >= 11 is 0. The molecule has 0 aliphatic heterocycles. The number of esters is 1. The van der Waals surface area contributed by atoms with Crippen LogP contribution in [0.25, 0.3) is 0 Å². The van der Waals surface area contributed by atoms with Crippen molar-refractivity contribution in [3.05, 3.63) is 48.2 Å². The van der Waals surface area contributed by atoms with Crippen LogP contribution >= 0.6 is 0 Å². The predicted octanol–water partition coefficient (Wildman–Crippen LogP) is 2.65. The van der Waals surface area contributed by atoms with Crippen LogP contribution in [0, 0.1) is 0 Å². The summed E-state index contributed by atoms with van der Waals surface area (Å²) in [7, 11) is 0. The highest BCUT2D eigenvalue weighted by Gasteiger charge is 2.20. The molecular formula is C16H19N3O3. The van der Waals surface area contributed by atoms with Gasteiger partial charge in [-0.2, -0.15) is 5.10 Å². The van der Waals surface area contributed by atoms with E-state index < -0.39 is 18.0 Å². The van der Waals surface area contributed by atoms with E-state index in [0.717, 1.165) is 0 Å². The standard InChI is InChI=1S/C16H19N3O3/c1-11(2)19-14(9-10-17-19)18-15(20)12(3)22-16(21)13-7-5-4-6-8-13/h4-12H,1-3H3,(H,18,20)/t12-/m1/s1. The van der Waals surface area contributed by atoms with Crippen molar-refractivity contribution in [1.29, 1.82) is 0 Å². The van der Waals surface area contributed by atoms with Gasteiger partial charge in [0.15, 0.2) is 6.10 Å². The van der Waals surface area contributed by atoms with Crippen molar-refractivity contribution in [1.82, 2.24) is 9.78 Å². The highest BCUT2D eigenvalue weighted by Crippen LogP contribution is 2.14. The van der Waals surface area contributed by atoms with E-state index in [1.165, 1.54) is 6.92 Å². The van der Waals surface area contributed by atoms with Gasteiger partial charge in [0, 0.05) is 12.1 Å². The molecule has 22 heavy (non-hydrogen) atoms. The Morgan fingerprint density at radius 1 is 1.14 bits per heavy atom. The lowest BCUT2D eigenvalue weighted by Crippen LogP contribution is -2.31. The van der Waals surface area contributed by atoms with Crippen LogP contribution in [0.1, 0.15) is 37.2 Å². The number of hydrogen-bond donors (Lipinski definition) is 1. The number of rotatable bonds is 5. The van der Waals surface area contributed by atoms with Gasteiger partial charge in [-0.05, 0) is 32.9 Å². The Balaban J connectivity index is 1.98. The number of aromatic nitrogens is 2. The fraction of sp³-hybridized carbons (Fsp3) is 0.312. The lowest BCUT2D eigenvalue weighted by Gasteiger charge is -2.15. The summed E-state index contributed by atoms with van der Waals surface area (Å²) in [5, 5.41) is 6.84. The second-order valence-corrected chi connectivity index (χ2v) is 5.16. The van der Waals surface area contributed by atoms with Gasteiger partial charge in [-0.25, -0.2) is 9.48 Å². The number of amides is 1. The number of carbonyl (C=O) groups is 2. The van der Waals surface area contributed by atoms with E-state index in [0.29, 0.717) is 11.4 Å². The maximum Gasteiger partial charge on any atom is 0.338 e. The average molecular weight is 301 g/mol. The number of nitrogens with one attached hydrogen (secondary N) is 1. The minimum absolute atomic E-state index is 0.118. The smallest absolute Gasteiger partial charge is 0.338 e. The molecule has 0 saturated carbocycles. The second kappa shape index (κ2) is 6.89. The van der Waals surface area contributed by atoms with Crippen molar-refractivity contribution in [3.8, 4) is 0 Å². The molecule has 1 aromatic heterocycles. The maximum atomic E-state index is 12.1. The van der Waals surface area contributed by atoms with Crippen LogP contribution in [0.15, 0.2) is 42.6 Å². The van der Waals surface area contributed by atoms with E-state index in [4.69, 9.17) is 4.74 Å². The first-order valence-electron chi connectivity index (χ1n) is 7.09. The van der Waals surface area contributed by atoms with Crippen LogP contribution in [0.4, 0.5) is 5.82 Å². The van der Waals surface area contributed by atoms with Gasteiger partial charge in [-0.1, -0.05) is 18.2 Å². The largest absolute Gasteiger partial charge is 0.449 e. The molecule has 1 N–H and O–H groups in total.